The summed E-state index contributed by atoms with van der Waals surface area (Å²) >= 11 is 0. The van der Waals surface area contributed by atoms with E-state index in [-0.39, 0.29) is 0 Å². The lowest BCUT2D eigenvalue weighted by Gasteiger charge is -2.10. The molecule has 0 atom stereocenters. The molecule has 0 aliphatic heterocycles. The maximum Gasteiger partial charge on any atom is 0.145 e. The molecule has 17 heavy (non-hydrogen) atoms. The van der Waals surface area contributed by atoms with Crippen LogP contribution in [-0.4, -0.2) is 16.9 Å². The molecule has 0 amide bonds. The van der Waals surface area contributed by atoms with E-state index in [1.165, 1.54) is 10.9 Å². The highest BCUT2D eigenvalue weighted by molar-refractivity contribution is 5.57. The van der Waals surface area contributed by atoms with E-state index in [0.29, 0.717) is 17.1 Å². The molecule has 5 heteroatoms. The molecule has 0 aliphatic rings. The number of nitrogens with zero attached hydrogens (tertiary/aromatic N) is 3. The molecule has 0 saturated carbocycles. The Labute approximate surface area is 99.0 Å². The van der Waals surface area contributed by atoms with Crippen LogP contribution in [0.3, 0.4) is 0 Å². The fraction of sp³-hybridized carbons (Fsp3) is 0.167. The highest BCUT2D eigenvalue weighted by atomic mass is 16.5. The van der Waals surface area contributed by atoms with Crippen molar-refractivity contribution in [3.63, 3.8) is 0 Å². The van der Waals surface area contributed by atoms with Crippen LogP contribution in [0.25, 0.3) is 5.69 Å². The van der Waals surface area contributed by atoms with Crippen molar-refractivity contribution in [3.05, 3.63) is 35.5 Å². The topological polar surface area (TPSA) is 76.9 Å². The molecule has 0 bridgehead atoms. The van der Waals surface area contributed by atoms with E-state index >= 15 is 0 Å². The van der Waals surface area contributed by atoms with Crippen LogP contribution in [-0.2, 0) is 0 Å². The van der Waals surface area contributed by atoms with E-state index in [1.807, 2.05) is 31.2 Å². The van der Waals surface area contributed by atoms with Gasteiger partial charge in [0, 0.05) is 0 Å². The first-order valence-electron chi connectivity index (χ1n) is 5.06. The van der Waals surface area contributed by atoms with E-state index in [0.717, 1.165) is 11.3 Å². The van der Waals surface area contributed by atoms with Crippen molar-refractivity contribution in [3.8, 4) is 17.5 Å². The van der Waals surface area contributed by atoms with E-state index in [9.17, 15) is 0 Å². The monoisotopic (exact) mass is 228 g/mol. The van der Waals surface area contributed by atoms with Crippen LogP contribution in [0.1, 0.15) is 11.1 Å². The van der Waals surface area contributed by atoms with E-state index < -0.39 is 0 Å². The number of hydrogen-bond donors (Lipinski definition) is 1. The van der Waals surface area contributed by atoms with Gasteiger partial charge in [0.1, 0.15) is 28.9 Å². The predicted octanol–water partition coefficient (Wildman–Crippen LogP) is 1.64. The van der Waals surface area contributed by atoms with Crippen molar-refractivity contribution in [2.24, 2.45) is 0 Å². The third-order valence-corrected chi connectivity index (χ3v) is 2.49. The highest BCUT2D eigenvalue weighted by Gasteiger charge is 2.12. The maximum absolute atomic E-state index is 8.85. The Kier molecular flexibility index (Phi) is 2.71. The standard InChI is InChI=1S/C12H12N4O/c1-8-3-4-11(17-2)10(5-8)16-12(14)9(6-13)7-15-16/h3-5,7H,14H2,1-2H3. The van der Waals surface area contributed by atoms with Gasteiger partial charge in [0.25, 0.3) is 0 Å². The van der Waals surface area contributed by atoms with Gasteiger partial charge in [-0.15, -0.1) is 0 Å². The second-order valence-corrected chi connectivity index (χ2v) is 3.64. The second-order valence-electron chi connectivity index (χ2n) is 3.64. The summed E-state index contributed by atoms with van der Waals surface area (Å²) in [5, 5.41) is 12.9. The van der Waals surface area contributed by atoms with Crippen LogP contribution in [0.15, 0.2) is 24.4 Å². The number of aromatic nitrogens is 2. The summed E-state index contributed by atoms with van der Waals surface area (Å²) < 4.78 is 6.76. The number of aryl methyl sites for hydroxylation is 1. The Morgan fingerprint density at radius 3 is 2.82 bits per heavy atom. The van der Waals surface area contributed by atoms with Crippen molar-refractivity contribution >= 4 is 5.82 Å². The van der Waals surface area contributed by atoms with Gasteiger partial charge in [-0.3, -0.25) is 0 Å². The third kappa shape index (κ3) is 1.81. The summed E-state index contributed by atoms with van der Waals surface area (Å²) in [5.41, 5.74) is 7.99. The van der Waals surface area contributed by atoms with E-state index in [1.54, 1.807) is 7.11 Å². The summed E-state index contributed by atoms with van der Waals surface area (Å²) in [6.07, 6.45) is 1.44. The first-order chi connectivity index (χ1) is 8.17. The van der Waals surface area contributed by atoms with Gasteiger partial charge in [-0.25, -0.2) is 4.68 Å². The molecule has 2 aromatic rings. The molecule has 0 spiro atoms. The third-order valence-electron chi connectivity index (χ3n) is 2.49. The molecular formula is C12H12N4O. The Bertz CT molecular complexity index is 595. The highest BCUT2D eigenvalue weighted by Crippen LogP contribution is 2.26. The van der Waals surface area contributed by atoms with E-state index in [4.69, 9.17) is 15.7 Å². The molecule has 86 valence electrons. The SMILES string of the molecule is COc1ccc(C)cc1-n1ncc(C#N)c1N. The Balaban J connectivity index is 2.63. The van der Waals surface area contributed by atoms with Gasteiger partial charge in [0.15, 0.2) is 0 Å². The van der Waals surface area contributed by atoms with Crippen molar-refractivity contribution in [1.29, 1.82) is 5.26 Å². The van der Waals surface area contributed by atoms with Gasteiger partial charge in [-0.1, -0.05) is 6.07 Å². The summed E-state index contributed by atoms with van der Waals surface area (Å²) in [4.78, 5) is 0. The lowest BCUT2D eigenvalue weighted by atomic mass is 10.2. The summed E-state index contributed by atoms with van der Waals surface area (Å²) in [6.45, 7) is 1.97. The summed E-state index contributed by atoms with van der Waals surface area (Å²) in [6, 6.07) is 7.68. The van der Waals surface area contributed by atoms with Gasteiger partial charge < -0.3 is 10.5 Å². The molecular weight excluding hydrogens is 216 g/mol. The number of benzene rings is 1. The molecule has 0 fully saturated rings. The smallest absolute Gasteiger partial charge is 0.145 e. The van der Waals surface area contributed by atoms with Crippen LogP contribution >= 0.6 is 0 Å². The zero-order valence-corrected chi connectivity index (χ0v) is 9.64. The number of anilines is 1. The first kappa shape index (κ1) is 11.0. The summed E-state index contributed by atoms with van der Waals surface area (Å²) in [5.74, 6) is 0.978. The average Bonchev–Trinajstić information content (AvgIpc) is 2.70. The van der Waals surface area contributed by atoms with Crippen LogP contribution in [0.4, 0.5) is 5.82 Å². The lowest BCUT2D eigenvalue weighted by molar-refractivity contribution is 0.412. The number of methoxy groups -OCH3 is 1. The number of rotatable bonds is 2. The molecule has 5 nitrogen and oxygen atoms in total. The van der Waals surface area contributed by atoms with Gasteiger partial charge in [0.05, 0.1) is 13.3 Å². The largest absolute Gasteiger partial charge is 0.494 e. The van der Waals surface area contributed by atoms with Gasteiger partial charge in [0.2, 0.25) is 0 Å². The quantitative estimate of drug-likeness (QED) is 0.847. The number of nitriles is 1. The van der Waals surface area contributed by atoms with Gasteiger partial charge >= 0.3 is 0 Å². The fourth-order valence-electron chi connectivity index (χ4n) is 1.60. The Morgan fingerprint density at radius 1 is 1.47 bits per heavy atom. The number of nitrogen functional groups attached to an aromatic ring is 1. The molecule has 0 unspecified atom stereocenters. The van der Waals surface area contributed by atoms with Gasteiger partial charge in [-0.2, -0.15) is 10.4 Å². The molecule has 2 rings (SSSR count). The van der Waals surface area contributed by atoms with Crippen molar-refractivity contribution in [2.45, 2.75) is 6.92 Å². The molecule has 2 N–H and O–H groups in total. The van der Waals surface area contributed by atoms with Crippen LogP contribution in [0.2, 0.25) is 0 Å². The molecule has 1 aromatic carbocycles. The Hall–Kier alpha value is -2.48. The normalized spacial score (nSPS) is 9.94. The van der Waals surface area contributed by atoms with Crippen LogP contribution < -0.4 is 10.5 Å². The fourth-order valence-corrected chi connectivity index (χ4v) is 1.60. The number of nitrogens with two attached hydrogens (primary N) is 1. The van der Waals surface area contributed by atoms with Crippen molar-refractivity contribution in [1.82, 2.24) is 9.78 Å². The average molecular weight is 228 g/mol. The molecule has 0 saturated heterocycles. The molecule has 1 aromatic heterocycles. The molecule has 1 heterocycles. The van der Waals surface area contributed by atoms with E-state index in [2.05, 4.69) is 5.10 Å². The number of hydrogen-bond acceptors (Lipinski definition) is 4. The number of ether oxygens (including phenoxy) is 1. The molecule has 0 aliphatic carbocycles. The first-order valence-corrected chi connectivity index (χ1v) is 5.06. The zero-order chi connectivity index (χ0) is 12.4. The minimum atomic E-state index is 0.316. The van der Waals surface area contributed by atoms with Crippen LogP contribution in [0.5, 0.6) is 5.75 Å². The van der Waals surface area contributed by atoms with Crippen molar-refractivity contribution < 1.29 is 4.74 Å². The molecule has 0 radical (unpaired) electrons. The van der Waals surface area contributed by atoms with Crippen LogP contribution in [0, 0.1) is 18.3 Å². The van der Waals surface area contributed by atoms with Gasteiger partial charge in [-0.05, 0) is 24.6 Å². The minimum absolute atomic E-state index is 0.316. The Morgan fingerprint density at radius 2 is 2.24 bits per heavy atom. The lowest BCUT2D eigenvalue weighted by Crippen LogP contribution is -2.04. The second kappa shape index (κ2) is 4.18. The predicted molar refractivity (Wildman–Crippen MR) is 64.0 cm³/mol. The minimum Gasteiger partial charge on any atom is -0.494 e. The summed E-state index contributed by atoms with van der Waals surface area (Å²) in [7, 11) is 1.58. The zero-order valence-electron chi connectivity index (χ0n) is 9.64. The van der Waals surface area contributed by atoms with Crippen molar-refractivity contribution in [2.75, 3.05) is 12.8 Å². The maximum atomic E-state index is 8.85.